The van der Waals surface area contributed by atoms with Crippen LogP contribution in [0, 0.1) is 6.92 Å². The minimum atomic E-state index is -4.61. The molecule has 1 amide bonds. The molecule has 8 heteroatoms. The van der Waals surface area contributed by atoms with E-state index in [1.165, 1.54) is 12.3 Å². The van der Waals surface area contributed by atoms with E-state index < -0.39 is 23.1 Å². The van der Waals surface area contributed by atoms with E-state index >= 15 is 0 Å². The Morgan fingerprint density at radius 3 is 2.68 bits per heavy atom. The summed E-state index contributed by atoms with van der Waals surface area (Å²) in [6.07, 6.45) is -2.14. The summed E-state index contributed by atoms with van der Waals surface area (Å²) < 4.78 is 39.1. The summed E-state index contributed by atoms with van der Waals surface area (Å²) in [7, 11) is 0. The molecular formula is C17H12F3N3O2. The lowest BCUT2D eigenvalue weighted by molar-refractivity contribution is -0.136. The monoisotopic (exact) mass is 347 g/mol. The Morgan fingerprint density at radius 2 is 2.00 bits per heavy atom. The minimum absolute atomic E-state index is 0.209. The number of nitrogens with one attached hydrogen (secondary N) is 2. The Bertz CT molecular complexity index is 1030. The molecule has 2 aromatic heterocycles. The number of aromatic nitrogens is 2. The summed E-state index contributed by atoms with van der Waals surface area (Å²) in [5.74, 6) is -0.507. The molecule has 0 unspecified atom stereocenters. The van der Waals surface area contributed by atoms with Gasteiger partial charge >= 0.3 is 6.18 Å². The number of para-hydroxylation sites is 1. The predicted octanol–water partition coefficient (Wildman–Crippen LogP) is 3.50. The van der Waals surface area contributed by atoms with Gasteiger partial charge in [-0.15, -0.1) is 0 Å². The smallest absolute Gasteiger partial charge is 0.360 e. The number of aryl methyl sites for hydroxylation is 1. The van der Waals surface area contributed by atoms with Crippen molar-refractivity contribution >= 4 is 22.6 Å². The zero-order valence-electron chi connectivity index (χ0n) is 12.9. The Kier molecular flexibility index (Phi) is 4.03. The molecule has 1 aromatic carbocycles. The van der Waals surface area contributed by atoms with Crippen molar-refractivity contribution in [1.82, 2.24) is 9.97 Å². The molecule has 0 fully saturated rings. The fraction of sp³-hybridized carbons (Fsp3) is 0.118. The second-order valence-corrected chi connectivity index (χ2v) is 5.43. The molecule has 0 atom stereocenters. The number of alkyl halides is 3. The first-order valence-corrected chi connectivity index (χ1v) is 7.23. The number of H-pyrrole nitrogens is 1. The van der Waals surface area contributed by atoms with Crippen molar-refractivity contribution in [2.24, 2.45) is 0 Å². The number of anilines is 1. The first-order chi connectivity index (χ1) is 11.8. The van der Waals surface area contributed by atoms with Crippen LogP contribution in [-0.2, 0) is 6.18 Å². The highest BCUT2D eigenvalue weighted by molar-refractivity contribution is 6.05. The third-order valence-electron chi connectivity index (χ3n) is 3.62. The fourth-order valence-electron chi connectivity index (χ4n) is 2.45. The van der Waals surface area contributed by atoms with Crippen LogP contribution in [0.5, 0.6) is 0 Å². The summed E-state index contributed by atoms with van der Waals surface area (Å²) >= 11 is 0. The largest absolute Gasteiger partial charge is 0.418 e. The van der Waals surface area contributed by atoms with Crippen molar-refractivity contribution < 1.29 is 18.0 Å². The lowest BCUT2D eigenvalue weighted by atomic mass is 10.1. The summed E-state index contributed by atoms with van der Waals surface area (Å²) in [6.45, 7) is 1.80. The van der Waals surface area contributed by atoms with Crippen LogP contribution in [-0.4, -0.2) is 15.9 Å². The zero-order chi connectivity index (χ0) is 18.2. The number of fused-ring (bicyclic) bond motifs is 1. The maximum absolute atomic E-state index is 13.0. The van der Waals surface area contributed by atoms with Gasteiger partial charge in [-0.3, -0.25) is 9.59 Å². The number of amides is 1. The first-order valence-electron chi connectivity index (χ1n) is 7.23. The van der Waals surface area contributed by atoms with Gasteiger partial charge in [0.2, 0.25) is 5.43 Å². The first kappa shape index (κ1) is 16.7. The van der Waals surface area contributed by atoms with Gasteiger partial charge in [-0.05, 0) is 36.8 Å². The van der Waals surface area contributed by atoms with Gasteiger partial charge in [-0.2, -0.15) is 13.2 Å². The van der Waals surface area contributed by atoms with Gasteiger partial charge in [0.05, 0.1) is 11.1 Å². The number of pyridine rings is 2. The second-order valence-electron chi connectivity index (χ2n) is 5.43. The summed E-state index contributed by atoms with van der Waals surface area (Å²) in [4.78, 5) is 31.1. The standard InChI is InChI=1S/C17H12F3N3O2/c1-9-5-6-21-13(7-9)23-16(25)11-8-22-14-10(15(11)24)3-2-4-12(14)17(18,19)20/h2-8H,1H3,(H,22,24)(H,21,23,25). The van der Waals surface area contributed by atoms with Crippen molar-refractivity contribution in [2.75, 3.05) is 5.32 Å². The second kappa shape index (κ2) is 6.04. The van der Waals surface area contributed by atoms with E-state index in [-0.39, 0.29) is 22.3 Å². The van der Waals surface area contributed by atoms with Crippen molar-refractivity contribution in [1.29, 1.82) is 0 Å². The Labute approximate surface area is 139 Å². The lowest BCUT2D eigenvalue weighted by Crippen LogP contribution is -2.23. The molecule has 25 heavy (non-hydrogen) atoms. The van der Waals surface area contributed by atoms with Gasteiger partial charge in [0.15, 0.2) is 0 Å². The number of carbonyl (C=O) groups is 1. The molecule has 0 aliphatic carbocycles. The van der Waals surface area contributed by atoms with E-state index in [1.54, 1.807) is 19.1 Å². The maximum Gasteiger partial charge on any atom is 0.418 e. The summed E-state index contributed by atoms with van der Waals surface area (Å²) in [5, 5.41) is 2.25. The van der Waals surface area contributed by atoms with E-state index in [0.717, 1.165) is 23.9 Å². The van der Waals surface area contributed by atoms with Gasteiger partial charge in [0.1, 0.15) is 11.4 Å². The van der Waals surface area contributed by atoms with E-state index in [1.807, 2.05) is 0 Å². The number of rotatable bonds is 2. The van der Waals surface area contributed by atoms with E-state index in [0.29, 0.717) is 0 Å². The lowest BCUT2D eigenvalue weighted by Gasteiger charge is -2.11. The number of hydrogen-bond donors (Lipinski definition) is 2. The molecule has 2 N–H and O–H groups in total. The normalized spacial score (nSPS) is 11.5. The van der Waals surface area contributed by atoms with Crippen LogP contribution in [0.2, 0.25) is 0 Å². The van der Waals surface area contributed by atoms with Crippen LogP contribution in [0.15, 0.2) is 47.5 Å². The molecule has 0 bridgehead atoms. The van der Waals surface area contributed by atoms with E-state index in [9.17, 15) is 22.8 Å². The highest BCUT2D eigenvalue weighted by atomic mass is 19.4. The number of nitrogens with zero attached hydrogens (tertiary/aromatic N) is 1. The van der Waals surface area contributed by atoms with Gasteiger partial charge in [0.25, 0.3) is 5.91 Å². The van der Waals surface area contributed by atoms with Crippen molar-refractivity contribution in [3.63, 3.8) is 0 Å². The fourth-order valence-corrected chi connectivity index (χ4v) is 2.45. The number of benzene rings is 1. The molecule has 0 radical (unpaired) electrons. The van der Waals surface area contributed by atoms with Gasteiger partial charge < -0.3 is 10.3 Å². The van der Waals surface area contributed by atoms with Crippen LogP contribution >= 0.6 is 0 Å². The van der Waals surface area contributed by atoms with Gasteiger partial charge in [0, 0.05) is 17.8 Å². The minimum Gasteiger partial charge on any atom is -0.360 e. The number of aromatic amines is 1. The number of carbonyl (C=O) groups excluding carboxylic acids is 1. The SMILES string of the molecule is Cc1ccnc(NC(=O)c2c[nH]c3c(C(F)(F)F)cccc3c2=O)c1. The average Bonchev–Trinajstić information content (AvgIpc) is 2.54. The van der Waals surface area contributed by atoms with Crippen molar-refractivity contribution in [3.8, 4) is 0 Å². The van der Waals surface area contributed by atoms with Gasteiger partial charge in [-0.25, -0.2) is 4.98 Å². The molecule has 0 spiro atoms. The third kappa shape index (κ3) is 3.23. The average molecular weight is 347 g/mol. The highest BCUT2D eigenvalue weighted by Crippen LogP contribution is 2.32. The van der Waals surface area contributed by atoms with Crippen LogP contribution in [0.25, 0.3) is 10.9 Å². The van der Waals surface area contributed by atoms with Gasteiger partial charge in [-0.1, -0.05) is 6.07 Å². The quantitative estimate of drug-likeness (QED) is 0.745. The molecule has 0 saturated heterocycles. The molecule has 3 rings (SSSR count). The molecule has 5 nitrogen and oxygen atoms in total. The summed E-state index contributed by atoms with van der Waals surface area (Å²) in [6, 6.07) is 6.58. The Hall–Kier alpha value is -3.16. The molecule has 0 saturated carbocycles. The number of halogens is 3. The summed E-state index contributed by atoms with van der Waals surface area (Å²) in [5.41, 5.74) is -1.55. The zero-order valence-corrected chi connectivity index (χ0v) is 12.9. The molecule has 2 heterocycles. The Balaban J connectivity index is 2.05. The van der Waals surface area contributed by atoms with Crippen LogP contribution in [0.4, 0.5) is 19.0 Å². The van der Waals surface area contributed by atoms with E-state index in [4.69, 9.17) is 0 Å². The molecular weight excluding hydrogens is 335 g/mol. The maximum atomic E-state index is 13.0. The van der Waals surface area contributed by atoms with Crippen molar-refractivity contribution in [3.05, 3.63) is 69.6 Å². The predicted molar refractivity (Wildman–Crippen MR) is 86.5 cm³/mol. The third-order valence-corrected chi connectivity index (χ3v) is 3.62. The number of hydrogen-bond acceptors (Lipinski definition) is 3. The van der Waals surface area contributed by atoms with Crippen LogP contribution < -0.4 is 10.7 Å². The van der Waals surface area contributed by atoms with E-state index in [2.05, 4.69) is 15.3 Å². The van der Waals surface area contributed by atoms with Crippen LogP contribution in [0.1, 0.15) is 21.5 Å². The highest BCUT2D eigenvalue weighted by Gasteiger charge is 2.33. The Morgan fingerprint density at radius 1 is 1.24 bits per heavy atom. The molecule has 3 aromatic rings. The van der Waals surface area contributed by atoms with Crippen molar-refractivity contribution in [2.45, 2.75) is 13.1 Å². The molecule has 0 aliphatic heterocycles. The van der Waals surface area contributed by atoms with Crippen LogP contribution in [0.3, 0.4) is 0 Å². The molecule has 0 aliphatic rings. The molecule has 128 valence electrons. The topological polar surface area (TPSA) is 74.8 Å².